The van der Waals surface area contributed by atoms with Gasteiger partial charge in [-0.25, -0.2) is 4.79 Å². The van der Waals surface area contributed by atoms with Crippen molar-refractivity contribution < 1.29 is 28.5 Å². The van der Waals surface area contributed by atoms with Gasteiger partial charge >= 0.3 is 11.9 Å². The number of carbonyl (C=O) groups excluding carboxylic acids is 2. The van der Waals surface area contributed by atoms with Gasteiger partial charge in [0.15, 0.2) is 0 Å². The van der Waals surface area contributed by atoms with Crippen molar-refractivity contribution in [2.24, 2.45) is 0 Å². The molecule has 6 heteroatoms. The summed E-state index contributed by atoms with van der Waals surface area (Å²) in [5.41, 5.74) is 0. The largest absolute Gasteiger partial charge is 0.462 e. The van der Waals surface area contributed by atoms with Crippen LogP contribution in [0.3, 0.4) is 0 Å². The van der Waals surface area contributed by atoms with Crippen molar-refractivity contribution in [2.75, 3.05) is 13.2 Å². The van der Waals surface area contributed by atoms with E-state index >= 15 is 0 Å². The summed E-state index contributed by atoms with van der Waals surface area (Å²) in [6.45, 7) is 3.22. The Morgan fingerprint density at radius 1 is 1.50 bits per heavy atom. The molecule has 2 atom stereocenters. The lowest BCUT2D eigenvalue weighted by atomic mass is 10.6. The van der Waals surface area contributed by atoms with E-state index in [4.69, 9.17) is 9.47 Å². The fourth-order valence-electron chi connectivity index (χ4n) is 0.963. The molecule has 1 aliphatic heterocycles. The van der Waals surface area contributed by atoms with Crippen LogP contribution in [0.4, 0.5) is 0 Å². The highest BCUT2D eigenvalue weighted by Crippen LogP contribution is 2.13. The van der Waals surface area contributed by atoms with Crippen LogP contribution in [0.25, 0.3) is 0 Å². The summed E-state index contributed by atoms with van der Waals surface area (Å²) in [6.07, 6.45) is -1.90. The van der Waals surface area contributed by atoms with E-state index in [1.165, 1.54) is 6.92 Å². The zero-order valence-corrected chi connectivity index (χ0v) is 8.02. The Morgan fingerprint density at radius 2 is 2.21 bits per heavy atom. The summed E-state index contributed by atoms with van der Waals surface area (Å²) < 4.78 is 19.2. The second-order valence-electron chi connectivity index (χ2n) is 2.59. The van der Waals surface area contributed by atoms with Crippen LogP contribution in [0.5, 0.6) is 0 Å². The van der Waals surface area contributed by atoms with Crippen molar-refractivity contribution >= 4 is 11.9 Å². The third-order valence-corrected chi connectivity index (χ3v) is 1.44. The fraction of sp³-hybridized carbons (Fsp3) is 0.750. The average Bonchev–Trinajstić information content (AvgIpc) is 2.52. The van der Waals surface area contributed by atoms with Gasteiger partial charge in [0, 0.05) is 6.92 Å². The Hall–Kier alpha value is -1.14. The summed E-state index contributed by atoms with van der Waals surface area (Å²) in [5, 5.41) is 0. The number of carbonyl (C=O) groups is 2. The van der Waals surface area contributed by atoms with Crippen molar-refractivity contribution in [1.82, 2.24) is 0 Å². The highest BCUT2D eigenvalue weighted by atomic mass is 16.8. The molecular weight excluding hydrogens is 192 g/mol. The SMILES string of the molecule is CCOC(=O)C1OCC(OC(C)=O)O1. The molecule has 0 spiro atoms. The molecule has 0 saturated carbocycles. The average molecular weight is 204 g/mol. The molecule has 1 saturated heterocycles. The van der Waals surface area contributed by atoms with E-state index in [-0.39, 0.29) is 13.2 Å². The quantitative estimate of drug-likeness (QED) is 0.593. The van der Waals surface area contributed by atoms with E-state index in [9.17, 15) is 9.59 Å². The normalized spacial score (nSPS) is 25.9. The summed E-state index contributed by atoms with van der Waals surface area (Å²) in [6, 6.07) is 0. The van der Waals surface area contributed by atoms with Gasteiger partial charge in [0.05, 0.1) is 6.61 Å². The van der Waals surface area contributed by atoms with Crippen LogP contribution in [0.1, 0.15) is 13.8 Å². The smallest absolute Gasteiger partial charge is 0.363 e. The van der Waals surface area contributed by atoms with E-state index in [2.05, 4.69) is 9.47 Å². The summed E-state index contributed by atoms with van der Waals surface area (Å²) in [7, 11) is 0. The predicted molar refractivity (Wildman–Crippen MR) is 43.0 cm³/mol. The van der Waals surface area contributed by atoms with Crippen LogP contribution in [0, 0.1) is 0 Å². The van der Waals surface area contributed by atoms with Crippen molar-refractivity contribution in [2.45, 2.75) is 26.4 Å². The highest BCUT2D eigenvalue weighted by molar-refractivity contribution is 5.73. The van der Waals surface area contributed by atoms with E-state index < -0.39 is 24.5 Å². The topological polar surface area (TPSA) is 71.1 Å². The van der Waals surface area contributed by atoms with Gasteiger partial charge < -0.3 is 18.9 Å². The van der Waals surface area contributed by atoms with Crippen LogP contribution < -0.4 is 0 Å². The molecule has 80 valence electrons. The fourth-order valence-corrected chi connectivity index (χ4v) is 0.963. The first-order chi connectivity index (χ1) is 6.63. The molecule has 0 aromatic rings. The molecule has 2 unspecified atom stereocenters. The summed E-state index contributed by atoms with van der Waals surface area (Å²) >= 11 is 0. The maximum atomic E-state index is 11.1. The Bertz CT molecular complexity index is 226. The van der Waals surface area contributed by atoms with Gasteiger partial charge in [-0.05, 0) is 6.92 Å². The molecule has 0 N–H and O–H groups in total. The minimum atomic E-state index is -1.08. The van der Waals surface area contributed by atoms with Gasteiger partial charge in [0.1, 0.15) is 6.61 Å². The van der Waals surface area contributed by atoms with Crippen LogP contribution in [0.15, 0.2) is 0 Å². The monoisotopic (exact) mass is 204 g/mol. The summed E-state index contributed by atoms with van der Waals surface area (Å²) in [5.74, 6) is -1.09. The van der Waals surface area contributed by atoms with Gasteiger partial charge in [-0.1, -0.05) is 0 Å². The molecule has 14 heavy (non-hydrogen) atoms. The lowest BCUT2D eigenvalue weighted by Gasteiger charge is -2.09. The van der Waals surface area contributed by atoms with E-state index in [0.717, 1.165) is 0 Å². The Kier molecular flexibility index (Phi) is 3.84. The second kappa shape index (κ2) is 4.92. The van der Waals surface area contributed by atoms with Crippen molar-refractivity contribution in [1.29, 1.82) is 0 Å². The molecule has 0 amide bonds. The Morgan fingerprint density at radius 3 is 2.79 bits per heavy atom. The van der Waals surface area contributed by atoms with Crippen molar-refractivity contribution in [3.8, 4) is 0 Å². The first kappa shape index (κ1) is 10.9. The molecule has 1 fully saturated rings. The number of rotatable bonds is 3. The molecule has 0 aromatic heterocycles. The lowest BCUT2D eigenvalue weighted by Crippen LogP contribution is -2.26. The molecule has 0 radical (unpaired) electrons. The zero-order valence-electron chi connectivity index (χ0n) is 8.02. The number of hydrogen-bond donors (Lipinski definition) is 0. The van der Waals surface area contributed by atoms with Crippen LogP contribution in [-0.4, -0.2) is 37.7 Å². The van der Waals surface area contributed by atoms with Crippen LogP contribution in [-0.2, 0) is 28.5 Å². The zero-order chi connectivity index (χ0) is 10.6. The standard InChI is InChI=1S/C8H12O6/c1-3-11-7(10)8-12-4-6(14-8)13-5(2)9/h6,8H,3-4H2,1-2H3. The highest BCUT2D eigenvalue weighted by Gasteiger charge is 2.34. The van der Waals surface area contributed by atoms with Gasteiger partial charge in [0.2, 0.25) is 6.29 Å². The minimum Gasteiger partial charge on any atom is -0.462 e. The molecule has 0 aromatic carbocycles. The maximum absolute atomic E-state index is 11.1. The first-order valence-electron chi connectivity index (χ1n) is 4.24. The lowest BCUT2D eigenvalue weighted by molar-refractivity contribution is -0.191. The molecule has 0 bridgehead atoms. The van der Waals surface area contributed by atoms with Gasteiger partial charge in [0.25, 0.3) is 6.29 Å². The van der Waals surface area contributed by atoms with Crippen molar-refractivity contribution in [3.63, 3.8) is 0 Å². The second-order valence-corrected chi connectivity index (χ2v) is 2.59. The Labute approximate surface area is 81.1 Å². The summed E-state index contributed by atoms with van der Waals surface area (Å²) in [4.78, 5) is 21.6. The predicted octanol–water partition coefficient (Wildman–Crippen LogP) is -0.188. The van der Waals surface area contributed by atoms with Gasteiger partial charge in [-0.3, -0.25) is 4.79 Å². The molecule has 1 aliphatic rings. The molecule has 6 nitrogen and oxygen atoms in total. The molecule has 1 rings (SSSR count). The van der Waals surface area contributed by atoms with Gasteiger partial charge in [-0.15, -0.1) is 0 Å². The number of ether oxygens (including phenoxy) is 4. The van der Waals surface area contributed by atoms with E-state index in [1.54, 1.807) is 6.92 Å². The molecular formula is C8H12O6. The van der Waals surface area contributed by atoms with E-state index in [0.29, 0.717) is 0 Å². The first-order valence-corrected chi connectivity index (χ1v) is 4.24. The third kappa shape index (κ3) is 2.97. The molecule has 1 heterocycles. The van der Waals surface area contributed by atoms with Crippen LogP contribution >= 0.6 is 0 Å². The minimum absolute atomic E-state index is 0.0447. The Balaban J connectivity index is 2.33. The molecule has 0 aliphatic carbocycles. The number of esters is 2. The third-order valence-electron chi connectivity index (χ3n) is 1.44. The van der Waals surface area contributed by atoms with Crippen molar-refractivity contribution in [3.05, 3.63) is 0 Å². The number of hydrogen-bond acceptors (Lipinski definition) is 6. The van der Waals surface area contributed by atoms with Crippen LogP contribution in [0.2, 0.25) is 0 Å². The van der Waals surface area contributed by atoms with Gasteiger partial charge in [-0.2, -0.15) is 0 Å². The van der Waals surface area contributed by atoms with E-state index in [1.807, 2.05) is 0 Å². The maximum Gasteiger partial charge on any atom is 0.363 e.